The van der Waals surface area contributed by atoms with E-state index in [1.165, 1.54) is 19.2 Å². The molecule has 6 nitrogen and oxygen atoms in total. The fourth-order valence-electron chi connectivity index (χ4n) is 2.05. The molecule has 1 aromatic carbocycles. The highest BCUT2D eigenvalue weighted by molar-refractivity contribution is 6.29. The minimum absolute atomic E-state index is 0.0362. The van der Waals surface area contributed by atoms with Gasteiger partial charge in [-0.15, -0.1) is 0 Å². The predicted octanol–water partition coefficient (Wildman–Crippen LogP) is 2.56. The summed E-state index contributed by atoms with van der Waals surface area (Å²) in [6.45, 7) is 0.388. The molecule has 0 unspecified atom stereocenters. The monoisotopic (exact) mass is 356 g/mol. The number of ether oxygens (including phenoxy) is 1. The zero-order chi connectivity index (χ0) is 17.7. The van der Waals surface area contributed by atoms with Crippen molar-refractivity contribution in [2.24, 2.45) is 0 Å². The number of esters is 1. The highest BCUT2D eigenvalue weighted by atomic mass is 35.5. The van der Waals surface area contributed by atoms with Crippen molar-refractivity contribution >= 4 is 29.3 Å². The van der Waals surface area contributed by atoms with E-state index in [1.807, 2.05) is 0 Å². The Morgan fingerprint density at radius 2 is 2.04 bits per heavy atom. The lowest BCUT2D eigenvalue weighted by molar-refractivity contribution is -0.140. The van der Waals surface area contributed by atoms with Gasteiger partial charge in [0.05, 0.1) is 13.5 Å². The van der Waals surface area contributed by atoms with E-state index in [2.05, 4.69) is 14.7 Å². The third kappa shape index (κ3) is 4.76. The summed E-state index contributed by atoms with van der Waals surface area (Å²) < 4.78 is 31.1. The Hall–Kier alpha value is -2.48. The van der Waals surface area contributed by atoms with Crippen LogP contribution in [-0.2, 0) is 16.1 Å². The van der Waals surface area contributed by atoms with Crippen LogP contribution < -0.4 is 10.6 Å². The molecule has 128 valence electrons. The molecule has 2 N–H and O–H groups in total. The van der Waals surface area contributed by atoms with Crippen molar-refractivity contribution < 1.29 is 18.3 Å². The number of nitrogens with zero attached hydrogens (tertiary/aromatic N) is 3. The molecule has 2 aromatic rings. The van der Waals surface area contributed by atoms with Gasteiger partial charge in [-0.25, -0.2) is 13.8 Å². The average molecular weight is 357 g/mol. The number of benzene rings is 1. The zero-order valence-electron chi connectivity index (χ0n) is 12.8. The third-order valence-corrected chi connectivity index (χ3v) is 3.39. The van der Waals surface area contributed by atoms with E-state index in [1.54, 1.807) is 4.90 Å². The van der Waals surface area contributed by atoms with Crippen molar-refractivity contribution in [1.29, 1.82) is 0 Å². The van der Waals surface area contributed by atoms with Gasteiger partial charge in [-0.1, -0.05) is 17.7 Å². The lowest BCUT2D eigenvalue weighted by Gasteiger charge is -2.23. The normalized spacial score (nSPS) is 10.5. The number of carbonyl (C=O) groups is 1. The topological polar surface area (TPSA) is 81.3 Å². The van der Waals surface area contributed by atoms with E-state index in [-0.39, 0.29) is 30.6 Å². The van der Waals surface area contributed by atoms with Gasteiger partial charge in [0.2, 0.25) is 5.95 Å². The Balaban J connectivity index is 2.27. The first kappa shape index (κ1) is 17.9. The Labute approximate surface area is 142 Å². The van der Waals surface area contributed by atoms with Crippen molar-refractivity contribution in [3.63, 3.8) is 0 Å². The fourth-order valence-corrected chi connectivity index (χ4v) is 2.23. The summed E-state index contributed by atoms with van der Waals surface area (Å²) in [5.74, 6) is -1.99. The lowest BCUT2D eigenvalue weighted by atomic mass is 10.2. The van der Waals surface area contributed by atoms with Gasteiger partial charge in [0, 0.05) is 19.2 Å². The molecule has 24 heavy (non-hydrogen) atoms. The summed E-state index contributed by atoms with van der Waals surface area (Å²) in [5.41, 5.74) is 6.07. The maximum Gasteiger partial charge on any atom is 0.307 e. The molecule has 0 aliphatic carbocycles. The van der Waals surface area contributed by atoms with Crippen LogP contribution in [0.3, 0.4) is 0 Å². The number of nitrogens with two attached hydrogens (primary N) is 1. The lowest BCUT2D eigenvalue weighted by Crippen LogP contribution is -2.27. The Kier molecular flexibility index (Phi) is 5.86. The first-order chi connectivity index (χ1) is 11.4. The first-order valence-electron chi connectivity index (χ1n) is 6.95. The standard InChI is InChI=1S/C15H15ClF2N4O2/c1-24-14(23)4-5-22(13-7-12(16)20-15(19)21-13)8-9-2-3-10(17)11(18)6-9/h2-3,6-7H,4-5,8H2,1H3,(H2,19,20,21). The van der Waals surface area contributed by atoms with Crippen molar-refractivity contribution in [3.05, 3.63) is 46.6 Å². The molecular formula is C15H15ClF2N4O2. The molecule has 0 bridgehead atoms. The number of hydrogen-bond acceptors (Lipinski definition) is 6. The van der Waals surface area contributed by atoms with Crippen molar-refractivity contribution in [2.45, 2.75) is 13.0 Å². The molecule has 9 heteroatoms. The highest BCUT2D eigenvalue weighted by Crippen LogP contribution is 2.20. The van der Waals surface area contributed by atoms with Crippen LogP contribution >= 0.6 is 11.6 Å². The van der Waals surface area contributed by atoms with Gasteiger partial charge in [0.25, 0.3) is 0 Å². The van der Waals surface area contributed by atoms with E-state index in [0.717, 1.165) is 12.1 Å². The minimum atomic E-state index is -0.958. The van der Waals surface area contributed by atoms with Gasteiger partial charge in [0.1, 0.15) is 11.0 Å². The third-order valence-electron chi connectivity index (χ3n) is 3.19. The predicted molar refractivity (Wildman–Crippen MR) is 85.5 cm³/mol. The molecule has 1 heterocycles. The SMILES string of the molecule is COC(=O)CCN(Cc1ccc(F)c(F)c1)c1cc(Cl)nc(N)n1. The van der Waals surface area contributed by atoms with Crippen LogP contribution in [0, 0.1) is 11.6 Å². The van der Waals surface area contributed by atoms with Gasteiger partial charge in [-0.05, 0) is 17.7 Å². The summed E-state index contributed by atoms with van der Waals surface area (Å²) in [5, 5.41) is 0.130. The molecule has 1 aromatic heterocycles. The Bertz CT molecular complexity index is 725. The van der Waals surface area contributed by atoms with Crippen LogP contribution in [0.25, 0.3) is 0 Å². The molecule has 0 aliphatic rings. The van der Waals surface area contributed by atoms with Crippen LogP contribution in [0.2, 0.25) is 5.15 Å². The number of halogens is 3. The van der Waals surface area contributed by atoms with E-state index in [0.29, 0.717) is 11.4 Å². The summed E-state index contributed by atoms with van der Waals surface area (Å²) in [6, 6.07) is 5.02. The molecule has 0 saturated carbocycles. The second-order valence-electron chi connectivity index (χ2n) is 4.90. The van der Waals surface area contributed by atoms with Crippen molar-refractivity contribution in [3.8, 4) is 0 Å². The number of carbonyl (C=O) groups excluding carboxylic acids is 1. The van der Waals surface area contributed by atoms with Crippen LogP contribution in [0.4, 0.5) is 20.5 Å². The summed E-state index contributed by atoms with van der Waals surface area (Å²) in [4.78, 5) is 20.9. The Morgan fingerprint density at radius 3 is 2.67 bits per heavy atom. The molecule has 0 amide bonds. The zero-order valence-corrected chi connectivity index (χ0v) is 13.6. The van der Waals surface area contributed by atoms with E-state index in [9.17, 15) is 13.6 Å². The maximum absolute atomic E-state index is 13.4. The number of nitrogen functional groups attached to an aromatic ring is 1. The molecule has 0 atom stereocenters. The van der Waals surface area contributed by atoms with Crippen LogP contribution in [0.15, 0.2) is 24.3 Å². The number of aromatic nitrogens is 2. The largest absolute Gasteiger partial charge is 0.469 e. The quantitative estimate of drug-likeness (QED) is 0.633. The van der Waals surface area contributed by atoms with Gasteiger partial charge in [0.15, 0.2) is 11.6 Å². The molecule has 0 spiro atoms. The van der Waals surface area contributed by atoms with Crippen LogP contribution in [-0.4, -0.2) is 29.6 Å². The van der Waals surface area contributed by atoms with Gasteiger partial charge >= 0.3 is 5.97 Å². The van der Waals surface area contributed by atoms with Crippen LogP contribution in [0.1, 0.15) is 12.0 Å². The second kappa shape index (κ2) is 7.87. The first-order valence-corrected chi connectivity index (χ1v) is 7.32. The summed E-state index contributed by atoms with van der Waals surface area (Å²) >= 11 is 5.87. The minimum Gasteiger partial charge on any atom is -0.469 e. The highest BCUT2D eigenvalue weighted by Gasteiger charge is 2.14. The fraction of sp³-hybridized carbons (Fsp3) is 0.267. The van der Waals surface area contributed by atoms with Crippen molar-refractivity contribution in [1.82, 2.24) is 9.97 Å². The smallest absolute Gasteiger partial charge is 0.307 e. The number of hydrogen-bond donors (Lipinski definition) is 1. The summed E-state index contributed by atoms with van der Waals surface area (Å²) in [6.07, 6.45) is 0.0711. The molecule has 0 radical (unpaired) electrons. The van der Waals surface area contributed by atoms with Crippen LogP contribution in [0.5, 0.6) is 0 Å². The van der Waals surface area contributed by atoms with Gasteiger partial charge in [-0.2, -0.15) is 4.98 Å². The molecule has 0 fully saturated rings. The number of methoxy groups -OCH3 is 1. The maximum atomic E-state index is 13.4. The van der Waals surface area contributed by atoms with Gasteiger partial charge in [-0.3, -0.25) is 4.79 Å². The second-order valence-corrected chi connectivity index (χ2v) is 5.29. The summed E-state index contributed by atoms with van der Waals surface area (Å²) in [7, 11) is 1.28. The van der Waals surface area contributed by atoms with E-state index < -0.39 is 17.6 Å². The molecule has 0 saturated heterocycles. The molecule has 0 aliphatic heterocycles. The van der Waals surface area contributed by atoms with Crippen molar-refractivity contribution in [2.75, 3.05) is 24.3 Å². The van der Waals surface area contributed by atoms with E-state index in [4.69, 9.17) is 17.3 Å². The molecular weight excluding hydrogens is 342 g/mol. The van der Waals surface area contributed by atoms with E-state index >= 15 is 0 Å². The number of anilines is 2. The Morgan fingerprint density at radius 1 is 1.29 bits per heavy atom. The van der Waals surface area contributed by atoms with Gasteiger partial charge < -0.3 is 15.4 Å². The molecule has 2 rings (SSSR count). The average Bonchev–Trinajstić information content (AvgIpc) is 2.53. The number of rotatable bonds is 6.